The lowest BCUT2D eigenvalue weighted by molar-refractivity contribution is -0.132. The molecule has 0 saturated carbocycles. The van der Waals surface area contributed by atoms with Crippen molar-refractivity contribution in [1.82, 2.24) is 24.6 Å². The van der Waals surface area contributed by atoms with E-state index in [1.807, 2.05) is 15.6 Å². The molecule has 0 N–H and O–H groups in total. The average molecular weight is 421 g/mol. The number of amides is 1. The molecule has 1 saturated heterocycles. The van der Waals surface area contributed by atoms with Crippen molar-refractivity contribution in [2.75, 3.05) is 38.2 Å². The number of hydrogen-bond acceptors (Lipinski definition) is 6. The Morgan fingerprint density at radius 3 is 2.48 bits per heavy atom. The van der Waals surface area contributed by atoms with Gasteiger partial charge in [-0.3, -0.25) is 9.48 Å². The highest BCUT2D eigenvalue weighted by atomic mass is 16.5. The van der Waals surface area contributed by atoms with Gasteiger partial charge in [0.05, 0.1) is 25.2 Å². The van der Waals surface area contributed by atoms with Gasteiger partial charge < -0.3 is 14.5 Å². The Labute approximate surface area is 182 Å². The minimum Gasteiger partial charge on any atom is -0.494 e. The van der Waals surface area contributed by atoms with Crippen LogP contribution < -0.4 is 9.64 Å². The average Bonchev–Trinajstić information content (AvgIpc) is 3.22. The molecular formula is C23H28N6O2. The molecule has 8 nitrogen and oxygen atoms in total. The Kier molecular flexibility index (Phi) is 6.16. The lowest BCUT2D eigenvalue weighted by Gasteiger charge is -2.34. The van der Waals surface area contributed by atoms with Crippen molar-refractivity contribution >= 4 is 11.9 Å². The van der Waals surface area contributed by atoms with Crippen LogP contribution in [0.5, 0.6) is 5.75 Å². The van der Waals surface area contributed by atoms with E-state index < -0.39 is 0 Å². The summed E-state index contributed by atoms with van der Waals surface area (Å²) in [5, 5.41) is 4.73. The molecule has 3 aromatic rings. The van der Waals surface area contributed by atoms with Crippen LogP contribution in [0.4, 0.5) is 5.95 Å². The number of hydrogen-bond donors (Lipinski definition) is 0. The number of carbonyl (C=O) groups excluding carboxylic acids is 1. The van der Waals surface area contributed by atoms with Gasteiger partial charge in [-0.1, -0.05) is 30.7 Å². The molecule has 1 fully saturated rings. The Hall–Kier alpha value is -3.42. The number of ether oxygens (including phenoxy) is 1. The fourth-order valence-electron chi connectivity index (χ4n) is 3.78. The molecule has 162 valence electrons. The van der Waals surface area contributed by atoms with Crippen molar-refractivity contribution in [3.8, 4) is 17.0 Å². The van der Waals surface area contributed by atoms with Crippen LogP contribution in [0.1, 0.15) is 18.2 Å². The molecule has 0 unspecified atom stereocenters. The number of nitrogens with zero attached hydrogens (tertiary/aromatic N) is 6. The van der Waals surface area contributed by atoms with Gasteiger partial charge in [0.2, 0.25) is 11.9 Å². The third kappa shape index (κ3) is 4.68. The second-order valence-electron chi connectivity index (χ2n) is 7.69. The molecule has 31 heavy (non-hydrogen) atoms. The summed E-state index contributed by atoms with van der Waals surface area (Å²) in [6, 6.07) is 10.4. The van der Waals surface area contributed by atoms with E-state index in [2.05, 4.69) is 53.0 Å². The molecule has 0 atom stereocenters. The van der Waals surface area contributed by atoms with Crippen molar-refractivity contribution in [3.63, 3.8) is 0 Å². The second-order valence-corrected chi connectivity index (χ2v) is 7.69. The molecule has 1 amide bonds. The Morgan fingerprint density at radius 1 is 1.10 bits per heavy atom. The molecule has 8 heteroatoms. The Balaban J connectivity index is 1.39. The largest absolute Gasteiger partial charge is 0.494 e. The van der Waals surface area contributed by atoms with Gasteiger partial charge in [0.15, 0.2) is 5.75 Å². The van der Waals surface area contributed by atoms with Crippen molar-refractivity contribution in [2.45, 2.75) is 26.8 Å². The van der Waals surface area contributed by atoms with Crippen LogP contribution in [0.3, 0.4) is 0 Å². The summed E-state index contributed by atoms with van der Waals surface area (Å²) in [6.07, 6.45) is 4.15. The topological polar surface area (TPSA) is 76.4 Å². The first-order valence-electron chi connectivity index (χ1n) is 10.6. The zero-order valence-electron chi connectivity index (χ0n) is 18.3. The Bertz CT molecular complexity index is 1040. The maximum atomic E-state index is 13.0. The molecule has 4 rings (SSSR count). The lowest BCUT2D eigenvalue weighted by Crippen LogP contribution is -2.50. The SMILES string of the molecule is CCc1cc(-c2cccc(C)c2)nn1CC(=O)N1CCN(c2ncc(OC)cn2)CC1. The van der Waals surface area contributed by atoms with Crippen LogP contribution in [0, 0.1) is 6.92 Å². The molecule has 0 spiro atoms. The van der Waals surface area contributed by atoms with E-state index in [1.54, 1.807) is 19.5 Å². The number of aromatic nitrogens is 4. The van der Waals surface area contributed by atoms with Gasteiger partial charge >= 0.3 is 0 Å². The number of anilines is 1. The highest BCUT2D eigenvalue weighted by Crippen LogP contribution is 2.21. The van der Waals surface area contributed by atoms with Gasteiger partial charge in [-0.15, -0.1) is 0 Å². The summed E-state index contributed by atoms with van der Waals surface area (Å²) < 4.78 is 6.96. The van der Waals surface area contributed by atoms with Gasteiger partial charge in [0.1, 0.15) is 6.54 Å². The van der Waals surface area contributed by atoms with E-state index >= 15 is 0 Å². The van der Waals surface area contributed by atoms with Gasteiger partial charge in [-0.05, 0) is 25.5 Å². The first-order chi connectivity index (χ1) is 15.1. The summed E-state index contributed by atoms with van der Waals surface area (Å²) in [6.45, 7) is 7.10. The van der Waals surface area contributed by atoms with Gasteiger partial charge in [-0.25, -0.2) is 9.97 Å². The molecule has 1 aromatic carbocycles. The van der Waals surface area contributed by atoms with Gasteiger partial charge in [0.25, 0.3) is 0 Å². The molecule has 0 radical (unpaired) electrons. The normalized spacial score (nSPS) is 14.0. The number of benzene rings is 1. The fraction of sp³-hybridized carbons (Fsp3) is 0.391. The zero-order valence-corrected chi connectivity index (χ0v) is 18.3. The summed E-state index contributed by atoms with van der Waals surface area (Å²) in [7, 11) is 1.59. The maximum Gasteiger partial charge on any atom is 0.244 e. The number of aryl methyl sites for hydroxylation is 2. The Morgan fingerprint density at radius 2 is 1.84 bits per heavy atom. The first kappa shape index (κ1) is 20.8. The summed E-state index contributed by atoms with van der Waals surface area (Å²) in [4.78, 5) is 25.6. The standard InChI is InChI=1S/C23H28N6O2/c1-4-19-13-21(18-7-5-6-17(2)12-18)26-29(19)16-22(30)27-8-10-28(11-9-27)23-24-14-20(31-3)15-25-23/h5-7,12-15H,4,8-11,16H2,1-3H3. The predicted molar refractivity (Wildman–Crippen MR) is 119 cm³/mol. The van der Waals surface area contributed by atoms with Gasteiger partial charge in [0, 0.05) is 37.4 Å². The third-order valence-electron chi connectivity index (χ3n) is 5.59. The first-order valence-corrected chi connectivity index (χ1v) is 10.6. The number of methoxy groups -OCH3 is 1. The molecule has 3 heterocycles. The van der Waals surface area contributed by atoms with Gasteiger partial charge in [-0.2, -0.15) is 5.10 Å². The second kappa shape index (κ2) is 9.16. The molecule has 0 bridgehead atoms. The molecular weight excluding hydrogens is 392 g/mol. The van der Waals surface area contributed by atoms with Crippen molar-refractivity contribution in [1.29, 1.82) is 0 Å². The van der Waals surface area contributed by atoms with Crippen molar-refractivity contribution in [3.05, 3.63) is 54.0 Å². The summed E-state index contributed by atoms with van der Waals surface area (Å²) >= 11 is 0. The number of piperazine rings is 1. The van der Waals surface area contributed by atoms with Crippen LogP contribution in [-0.2, 0) is 17.8 Å². The monoisotopic (exact) mass is 420 g/mol. The highest BCUT2D eigenvalue weighted by Gasteiger charge is 2.23. The quantitative estimate of drug-likeness (QED) is 0.610. The lowest BCUT2D eigenvalue weighted by atomic mass is 10.1. The summed E-state index contributed by atoms with van der Waals surface area (Å²) in [5.74, 6) is 1.38. The number of carbonyl (C=O) groups is 1. The van der Waals surface area contributed by atoms with E-state index in [1.165, 1.54) is 5.56 Å². The van der Waals surface area contributed by atoms with Crippen LogP contribution in [0.2, 0.25) is 0 Å². The maximum absolute atomic E-state index is 13.0. The van der Waals surface area contributed by atoms with E-state index in [9.17, 15) is 4.79 Å². The van der Waals surface area contributed by atoms with E-state index in [-0.39, 0.29) is 12.5 Å². The molecule has 1 aliphatic heterocycles. The smallest absolute Gasteiger partial charge is 0.244 e. The van der Waals surface area contributed by atoms with Crippen molar-refractivity contribution in [2.24, 2.45) is 0 Å². The molecule has 2 aromatic heterocycles. The minimum absolute atomic E-state index is 0.0869. The third-order valence-corrected chi connectivity index (χ3v) is 5.59. The van der Waals surface area contributed by atoms with E-state index in [0.717, 1.165) is 23.4 Å². The van der Waals surface area contributed by atoms with Crippen LogP contribution in [-0.4, -0.2) is 63.8 Å². The van der Waals surface area contributed by atoms with Crippen LogP contribution in [0.15, 0.2) is 42.7 Å². The van der Waals surface area contributed by atoms with E-state index in [0.29, 0.717) is 37.9 Å². The summed E-state index contributed by atoms with van der Waals surface area (Å²) in [5.41, 5.74) is 4.25. The van der Waals surface area contributed by atoms with Crippen LogP contribution >= 0.6 is 0 Å². The predicted octanol–water partition coefficient (Wildman–Crippen LogP) is 2.57. The molecule has 0 aliphatic carbocycles. The minimum atomic E-state index is 0.0869. The van der Waals surface area contributed by atoms with Crippen LogP contribution in [0.25, 0.3) is 11.3 Å². The number of rotatable bonds is 6. The fourth-order valence-corrected chi connectivity index (χ4v) is 3.78. The highest BCUT2D eigenvalue weighted by molar-refractivity contribution is 5.76. The zero-order chi connectivity index (χ0) is 21.8. The molecule has 1 aliphatic rings. The van der Waals surface area contributed by atoms with E-state index in [4.69, 9.17) is 9.84 Å². The van der Waals surface area contributed by atoms with Crippen molar-refractivity contribution < 1.29 is 9.53 Å².